The third-order valence-electron chi connectivity index (χ3n) is 2.78. The van der Waals surface area contributed by atoms with Gasteiger partial charge in [0, 0.05) is 15.4 Å². The van der Waals surface area contributed by atoms with Gasteiger partial charge in [-0.1, -0.05) is 18.2 Å². The van der Waals surface area contributed by atoms with Gasteiger partial charge in [0.1, 0.15) is 0 Å². The van der Waals surface area contributed by atoms with Crippen molar-refractivity contribution in [3.63, 3.8) is 0 Å². The lowest BCUT2D eigenvalue weighted by Crippen LogP contribution is -2.36. The summed E-state index contributed by atoms with van der Waals surface area (Å²) in [5.74, 6) is 6.04. The minimum Gasteiger partial charge on any atom is -0.325 e. The van der Waals surface area contributed by atoms with Crippen molar-refractivity contribution in [2.24, 2.45) is 10.8 Å². The van der Waals surface area contributed by atoms with E-state index in [0.29, 0.717) is 12.5 Å². The number of nitrogens with zero attached hydrogens (tertiary/aromatic N) is 1. The molecule has 0 saturated carbocycles. The molecule has 0 unspecified atom stereocenters. The van der Waals surface area contributed by atoms with Gasteiger partial charge >= 0.3 is 0 Å². The Bertz CT molecular complexity index is 541. The summed E-state index contributed by atoms with van der Waals surface area (Å²) in [6.45, 7) is 4.86. The zero-order chi connectivity index (χ0) is 13.7. The van der Waals surface area contributed by atoms with Crippen LogP contribution < -0.4 is 16.6 Å². The molecule has 0 atom stereocenters. The lowest BCUT2D eigenvalue weighted by Gasteiger charge is -2.08. The minimum atomic E-state index is 0.565. The van der Waals surface area contributed by atoms with Crippen LogP contribution in [0.2, 0.25) is 0 Å². The predicted molar refractivity (Wildman–Crippen MR) is 82.3 cm³/mol. The number of para-hydroxylation sites is 1. The SMILES string of the molecule is Cc1cc(CN=C(NN)Nc2ccccc2)sc1C. The van der Waals surface area contributed by atoms with Crippen LogP contribution >= 0.6 is 11.3 Å². The second kappa shape index (κ2) is 6.36. The van der Waals surface area contributed by atoms with E-state index in [2.05, 4.69) is 35.6 Å². The summed E-state index contributed by atoms with van der Waals surface area (Å²) in [6.07, 6.45) is 0. The van der Waals surface area contributed by atoms with Gasteiger partial charge in [-0.15, -0.1) is 11.3 Å². The largest absolute Gasteiger partial charge is 0.325 e. The van der Waals surface area contributed by atoms with Crippen molar-refractivity contribution in [2.75, 3.05) is 5.32 Å². The van der Waals surface area contributed by atoms with E-state index in [1.54, 1.807) is 11.3 Å². The standard InChI is InChI=1S/C14H18N4S/c1-10-8-13(19-11(10)2)9-16-14(18-15)17-12-6-4-3-5-7-12/h3-8H,9,15H2,1-2H3,(H2,16,17,18). The fourth-order valence-corrected chi connectivity index (χ4v) is 2.64. The lowest BCUT2D eigenvalue weighted by atomic mass is 10.3. The van der Waals surface area contributed by atoms with Gasteiger partial charge < -0.3 is 5.32 Å². The number of rotatable bonds is 3. The maximum absolute atomic E-state index is 5.48. The average molecular weight is 274 g/mol. The maximum atomic E-state index is 5.48. The maximum Gasteiger partial charge on any atom is 0.210 e. The van der Waals surface area contributed by atoms with Crippen LogP contribution in [0, 0.1) is 13.8 Å². The van der Waals surface area contributed by atoms with Crippen LogP contribution in [0.3, 0.4) is 0 Å². The Labute approximate surface area is 117 Å². The van der Waals surface area contributed by atoms with Crippen molar-refractivity contribution in [2.45, 2.75) is 20.4 Å². The molecule has 1 aromatic carbocycles. The molecule has 4 nitrogen and oxygen atoms in total. The topological polar surface area (TPSA) is 62.4 Å². The van der Waals surface area contributed by atoms with Crippen molar-refractivity contribution >= 4 is 23.0 Å². The van der Waals surface area contributed by atoms with E-state index in [0.717, 1.165) is 5.69 Å². The highest BCUT2D eigenvalue weighted by atomic mass is 32.1. The molecule has 100 valence electrons. The molecule has 2 rings (SSSR count). The van der Waals surface area contributed by atoms with Crippen molar-refractivity contribution < 1.29 is 0 Å². The molecule has 0 fully saturated rings. The molecule has 19 heavy (non-hydrogen) atoms. The van der Waals surface area contributed by atoms with Crippen LogP contribution in [-0.2, 0) is 6.54 Å². The number of nitrogens with one attached hydrogen (secondary N) is 2. The van der Waals surface area contributed by atoms with Gasteiger partial charge in [0.2, 0.25) is 5.96 Å². The summed E-state index contributed by atoms with van der Waals surface area (Å²) in [5.41, 5.74) is 4.86. The normalized spacial score (nSPS) is 11.4. The molecule has 0 radical (unpaired) electrons. The van der Waals surface area contributed by atoms with Gasteiger partial charge in [-0.3, -0.25) is 5.43 Å². The van der Waals surface area contributed by atoms with Gasteiger partial charge in [-0.05, 0) is 37.6 Å². The van der Waals surface area contributed by atoms with Crippen molar-refractivity contribution in [3.05, 3.63) is 51.7 Å². The Morgan fingerprint density at radius 1 is 1.26 bits per heavy atom. The summed E-state index contributed by atoms with van der Waals surface area (Å²) in [5, 5.41) is 3.14. The Balaban J connectivity index is 2.03. The van der Waals surface area contributed by atoms with Gasteiger partial charge in [0.05, 0.1) is 6.54 Å². The Morgan fingerprint density at radius 2 is 2.00 bits per heavy atom. The Hall–Kier alpha value is -1.85. The quantitative estimate of drug-likeness (QED) is 0.349. The number of aryl methyl sites for hydroxylation is 2. The highest BCUT2D eigenvalue weighted by Gasteiger charge is 2.02. The van der Waals surface area contributed by atoms with Crippen LogP contribution in [0.15, 0.2) is 41.4 Å². The number of benzene rings is 1. The smallest absolute Gasteiger partial charge is 0.210 e. The summed E-state index contributed by atoms with van der Waals surface area (Å²) in [7, 11) is 0. The van der Waals surface area contributed by atoms with E-state index >= 15 is 0 Å². The second-order valence-corrected chi connectivity index (χ2v) is 5.59. The highest BCUT2D eigenvalue weighted by Crippen LogP contribution is 2.21. The first-order chi connectivity index (χ1) is 9.19. The van der Waals surface area contributed by atoms with Crippen LogP contribution in [0.25, 0.3) is 0 Å². The number of hydrogen-bond donors (Lipinski definition) is 3. The third kappa shape index (κ3) is 3.81. The number of hydrogen-bond acceptors (Lipinski definition) is 3. The van der Waals surface area contributed by atoms with Crippen LogP contribution in [-0.4, -0.2) is 5.96 Å². The van der Waals surface area contributed by atoms with E-state index in [4.69, 9.17) is 5.84 Å². The number of thiophene rings is 1. The summed E-state index contributed by atoms with van der Waals surface area (Å²) in [6, 6.07) is 12.0. The molecule has 1 aromatic heterocycles. The van der Waals surface area contributed by atoms with Gasteiger partial charge in [0.15, 0.2) is 0 Å². The number of anilines is 1. The van der Waals surface area contributed by atoms with Gasteiger partial charge in [-0.2, -0.15) is 0 Å². The third-order valence-corrected chi connectivity index (χ3v) is 3.92. The van der Waals surface area contributed by atoms with E-state index < -0.39 is 0 Å². The van der Waals surface area contributed by atoms with Crippen molar-refractivity contribution in [1.82, 2.24) is 5.43 Å². The zero-order valence-electron chi connectivity index (χ0n) is 11.1. The molecule has 0 spiro atoms. The summed E-state index contributed by atoms with van der Waals surface area (Å²) < 4.78 is 0. The molecule has 0 saturated heterocycles. The molecule has 0 bridgehead atoms. The van der Waals surface area contributed by atoms with E-state index in [9.17, 15) is 0 Å². The molecular weight excluding hydrogens is 256 g/mol. The number of hydrazine groups is 1. The molecule has 1 heterocycles. The molecule has 2 aromatic rings. The van der Waals surface area contributed by atoms with E-state index in [-0.39, 0.29) is 0 Å². The minimum absolute atomic E-state index is 0.565. The Kier molecular flexibility index (Phi) is 4.54. The Morgan fingerprint density at radius 3 is 2.58 bits per heavy atom. The molecule has 0 aliphatic carbocycles. The van der Waals surface area contributed by atoms with Gasteiger partial charge in [0.25, 0.3) is 0 Å². The van der Waals surface area contributed by atoms with Crippen LogP contribution in [0.1, 0.15) is 15.3 Å². The van der Waals surface area contributed by atoms with Crippen molar-refractivity contribution in [3.8, 4) is 0 Å². The number of nitrogens with two attached hydrogens (primary N) is 1. The number of guanidine groups is 1. The molecule has 0 amide bonds. The summed E-state index contributed by atoms with van der Waals surface area (Å²) >= 11 is 1.77. The molecule has 5 heteroatoms. The van der Waals surface area contributed by atoms with Crippen molar-refractivity contribution in [1.29, 1.82) is 0 Å². The first-order valence-electron chi connectivity index (χ1n) is 6.08. The van der Waals surface area contributed by atoms with E-state index in [1.807, 2.05) is 30.3 Å². The van der Waals surface area contributed by atoms with Crippen LogP contribution in [0.4, 0.5) is 5.69 Å². The second-order valence-electron chi connectivity index (χ2n) is 4.25. The van der Waals surface area contributed by atoms with Gasteiger partial charge in [-0.25, -0.2) is 10.8 Å². The van der Waals surface area contributed by atoms with Crippen LogP contribution in [0.5, 0.6) is 0 Å². The average Bonchev–Trinajstić information content (AvgIpc) is 2.75. The predicted octanol–water partition coefficient (Wildman–Crippen LogP) is 2.80. The summed E-state index contributed by atoms with van der Waals surface area (Å²) in [4.78, 5) is 7.01. The first kappa shape index (κ1) is 13.6. The molecule has 0 aliphatic rings. The lowest BCUT2D eigenvalue weighted by molar-refractivity contribution is 0.976. The first-order valence-corrected chi connectivity index (χ1v) is 6.89. The zero-order valence-corrected chi connectivity index (χ0v) is 11.9. The number of aliphatic imine (C=N–C) groups is 1. The molecule has 0 aliphatic heterocycles. The fraction of sp³-hybridized carbons (Fsp3) is 0.214. The highest BCUT2D eigenvalue weighted by molar-refractivity contribution is 7.12. The molecule has 4 N–H and O–H groups in total. The monoisotopic (exact) mass is 274 g/mol. The van der Waals surface area contributed by atoms with E-state index in [1.165, 1.54) is 15.3 Å². The fourth-order valence-electron chi connectivity index (χ4n) is 1.66. The molecular formula is C14H18N4S.